The largest absolute Gasteiger partial charge is 0.457 e. The van der Waals surface area contributed by atoms with Crippen LogP contribution in [0.1, 0.15) is 19.3 Å². The molecule has 1 aliphatic heterocycles. The van der Waals surface area contributed by atoms with E-state index in [4.69, 9.17) is 4.74 Å². The molecule has 1 heterocycles. The van der Waals surface area contributed by atoms with Crippen LogP contribution < -0.4 is 9.64 Å². The summed E-state index contributed by atoms with van der Waals surface area (Å²) in [7, 11) is 1.67. The highest BCUT2D eigenvalue weighted by Gasteiger charge is 2.27. The molecule has 0 saturated carbocycles. The van der Waals surface area contributed by atoms with Gasteiger partial charge in [0.25, 0.3) is 5.91 Å². The maximum absolute atomic E-state index is 12.6. The first-order valence-corrected chi connectivity index (χ1v) is 9.11. The lowest BCUT2D eigenvalue weighted by Gasteiger charge is -2.25. The molecule has 1 saturated heterocycles. The number of aliphatic hydroxyl groups is 1. The number of amides is 2. The summed E-state index contributed by atoms with van der Waals surface area (Å²) in [5.74, 6) is 0.861. The number of anilines is 1. The van der Waals surface area contributed by atoms with E-state index in [-0.39, 0.29) is 18.4 Å². The molecule has 27 heavy (non-hydrogen) atoms. The number of carbonyl (C=O) groups is 2. The highest BCUT2D eigenvalue weighted by molar-refractivity contribution is 5.96. The Balaban J connectivity index is 1.61. The van der Waals surface area contributed by atoms with Gasteiger partial charge in [-0.3, -0.25) is 9.59 Å². The molecule has 1 fully saturated rings. The lowest BCUT2D eigenvalue weighted by Crippen LogP contribution is -2.44. The van der Waals surface area contributed by atoms with Crippen molar-refractivity contribution >= 4 is 17.5 Å². The van der Waals surface area contributed by atoms with Gasteiger partial charge in [-0.2, -0.15) is 0 Å². The van der Waals surface area contributed by atoms with Crippen molar-refractivity contribution in [2.24, 2.45) is 0 Å². The SMILES string of the molecule is CN(C(=O)CN1CCCCC(O)C1=O)c1ccc(Oc2ccccc2)cc1. The Morgan fingerprint density at radius 3 is 2.48 bits per heavy atom. The van der Waals surface area contributed by atoms with Gasteiger partial charge >= 0.3 is 0 Å². The zero-order valence-corrected chi connectivity index (χ0v) is 15.4. The molecule has 1 aliphatic rings. The van der Waals surface area contributed by atoms with E-state index in [1.165, 1.54) is 9.80 Å². The molecule has 6 heteroatoms. The molecule has 6 nitrogen and oxygen atoms in total. The fourth-order valence-corrected chi connectivity index (χ4v) is 3.02. The van der Waals surface area contributed by atoms with Gasteiger partial charge in [0, 0.05) is 19.3 Å². The van der Waals surface area contributed by atoms with Crippen LogP contribution in [0.25, 0.3) is 0 Å². The number of benzene rings is 2. The molecule has 2 aromatic rings. The fourth-order valence-electron chi connectivity index (χ4n) is 3.02. The quantitative estimate of drug-likeness (QED) is 0.881. The molecule has 3 rings (SSSR count). The average Bonchev–Trinajstić information content (AvgIpc) is 2.84. The summed E-state index contributed by atoms with van der Waals surface area (Å²) in [5, 5.41) is 9.82. The second-order valence-corrected chi connectivity index (χ2v) is 6.63. The van der Waals surface area contributed by atoms with Crippen molar-refractivity contribution < 1.29 is 19.4 Å². The minimum Gasteiger partial charge on any atom is -0.457 e. The van der Waals surface area contributed by atoms with Gasteiger partial charge in [0.15, 0.2) is 0 Å². The third kappa shape index (κ3) is 4.86. The number of para-hydroxylation sites is 1. The zero-order chi connectivity index (χ0) is 19.2. The third-order valence-electron chi connectivity index (χ3n) is 4.66. The molecule has 2 amide bonds. The summed E-state index contributed by atoms with van der Waals surface area (Å²) in [6.45, 7) is 0.466. The van der Waals surface area contributed by atoms with Crippen LogP contribution in [0, 0.1) is 0 Å². The number of likely N-dealkylation sites (N-methyl/N-ethyl adjacent to an activating group) is 1. The standard InChI is InChI=1S/C21H24N2O4/c1-22(20(25)15-23-14-6-5-9-19(24)21(23)26)16-10-12-18(13-11-16)27-17-7-3-2-4-8-17/h2-4,7-8,10-13,19,24H,5-6,9,14-15H2,1H3. The van der Waals surface area contributed by atoms with Gasteiger partial charge in [-0.25, -0.2) is 0 Å². The summed E-state index contributed by atoms with van der Waals surface area (Å²) in [4.78, 5) is 27.7. The molecule has 1 atom stereocenters. The summed E-state index contributed by atoms with van der Waals surface area (Å²) in [5.41, 5.74) is 0.711. The van der Waals surface area contributed by atoms with Crippen molar-refractivity contribution in [2.45, 2.75) is 25.4 Å². The number of hydrogen-bond donors (Lipinski definition) is 1. The minimum absolute atomic E-state index is 0.0331. The molecule has 142 valence electrons. The highest BCUT2D eigenvalue weighted by Crippen LogP contribution is 2.24. The number of nitrogens with zero attached hydrogens (tertiary/aromatic N) is 2. The second-order valence-electron chi connectivity index (χ2n) is 6.63. The molecule has 1 unspecified atom stereocenters. The molecule has 0 radical (unpaired) electrons. The van der Waals surface area contributed by atoms with E-state index < -0.39 is 6.10 Å². The van der Waals surface area contributed by atoms with E-state index in [1.807, 2.05) is 30.3 Å². The lowest BCUT2D eigenvalue weighted by molar-refractivity contribution is -0.142. The number of rotatable bonds is 5. The summed E-state index contributed by atoms with van der Waals surface area (Å²) < 4.78 is 5.75. The van der Waals surface area contributed by atoms with Crippen LogP contribution in [-0.4, -0.2) is 48.1 Å². The molecule has 0 spiro atoms. The van der Waals surface area contributed by atoms with Gasteiger partial charge in [-0.05, 0) is 55.7 Å². The summed E-state index contributed by atoms with van der Waals surface area (Å²) in [6, 6.07) is 16.7. The number of likely N-dealkylation sites (tertiary alicyclic amines) is 1. The molecular formula is C21H24N2O4. The van der Waals surface area contributed by atoms with E-state index >= 15 is 0 Å². The van der Waals surface area contributed by atoms with Crippen LogP contribution in [0.4, 0.5) is 5.69 Å². The second kappa shape index (κ2) is 8.68. The predicted octanol–water partition coefficient (Wildman–Crippen LogP) is 2.82. The van der Waals surface area contributed by atoms with Crippen molar-refractivity contribution in [3.8, 4) is 11.5 Å². The van der Waals surface area contributed by atoms with Crippen LogP contribution in [0.3, 0.4) is 0 Å². The maximum atomic E-state index is 12.6. The van der Waals surface area contributed by atoms with Crippen molar-refractivity contribution in [1.82, 2.24) is 4.90 Å². The van der Waals surface area contributed by atoms with Crippen molar-refractivity contribution in [2.75, 3.05) is 25.0 Å². The number of carbonyl (C=O) groups excluding carboxylic acids is 2. The highest BCUT2D eigenvalue weighted by atomic mass is 16.5. The van der Waals surface area contributed by atoms with Crippen molar-refractivity contribution in [3.63, 3.8) is 0 Å². The lowest BCUT2D eigenvalue weighted by atomic mass is 10.2. The molecule has 2 aromatic carbocycles. The average molecular weight is 368 g/mol. The Labute approximate surface area is 159 Å². The Morgan fingerprint density at radius 1 is 1.11 bits per heavy atom. The van der Waals surface area contributed by atoms with Gasteiger partial charge in [-0.15, -0.1) is 0 Å². The van der Waals surface area contributed by atoms with E-state index in [0.29, 0.717) is 24.4 Å². The Morgan fingerprint density at radius 2 is 1.78 bits per heavy atom. The van der Waals surface area contributed by atoms with Gasteiger partial charge in [0.2, 0.25) is 5.91 Å². The van der Waals surface area contributed by atoms with E-state index in [1.54, 1.807) is 31.3 Å². The van der Waals surface area contributed by atoms with Crippen LogP contribution in [0.15, 0.2) is 54.6 Å². The number of ether oxygens (including phenoxy) is 1. The molecular weight excluding hydrogens is 344 g/mol. The monoisotopic (exact) mass is 368 g/mol. The number of aliphatic hydroxyl groups excluding tert-OH is 1. The van der Waals surface area contributed by atoms with Crippen LogP contribution in [0.5, 0.6) is 11.5 Å². The van der Waals surface area contributed by atoms with E-state index in [2.05, 4.69) is 0 Å². The fraction of sp³-hybridized carbons (Fsp3) is 0.333. The first-order chi connectivity index (χ1) is 13.0. The van der Waals surface area contributed by atoms with Crippen LogP contribution in [-0.2, 0) is 9.59 Å². The Hall–Kier alpha value is -2.86. The van der Waals surface area contributed by atoms with Gasteiger partial charge in [0.1, 0.15) is 24.1 Å². The molecule has 0 aliphatic carbocycles. The topological polar surface area (TPSA) is 70.1 Å². The van der Waals surface area contributed by atoms with Gasteiger partial charge in [0.05, 0.1) is 0 Å². The first kappa shape index (κ1) is 18.9. The predicted molar refractivity (Wildman–Crippen MR) is 103 cm³/mol. The first-order valence-electron chi connectivity index (χ1n) is 9.11. The van der Waals surface area contributed by atoms with Crippen molar-refractivity contribution in [1.29, 1.82) is 0 Å². The normalized spacial score (nSPS) is 17.3. The smallest absolute Gasteiger partial charge is 0.251 e. The maximum Gasteiger partial charge on any atom is 0.251 e. The van der Waals surface area contributed by atoms with E-state index in [0.717, 1.165) is 18.6 Å². The number of hydrogen-bond acceptors (Lipinski definition) is 4. The summed E-state index contributed by atoms with van der Waals surface area (Å²) in [6.07, 6.45) is 1.05. The minimum atomic E-state index is -1.000. The van der Waals surface area contributed by atoms with Crippen LogP contribution >= 0.6 is 0 Å². The Kier molecular flexibility index (Phi) is 6.08. The zero-order valence-electron chi connectivity index (χ0n) is 15.4. The van der Waals surface area contributed by atoms with Gasteiger partial charge < -0.3 is 19.6 Å². The Bertz CT molecular complexity index is 777. The van der Waals surface area contributed by atoms with Crippen molar-refractivity contribution in [3.05, 3.63) is 54.6 Å². The molecule has 0 bridgehead atoms. The summed E-state index contributed by atoms with van der Waals surface area (Å²) >= 11 is 0. The third-order valence-corrected chi connectivity index (χ3v) is 4.66. The van der Waals surface area contributed by atoms with Gasteiger partial charge in [-0.1, -0.05) is 18.2 Å². The van der Waals surface area contributed by atoms with E-state index in [9.17, 15) is 14.7 Å². The molecule has 0 aromatic heterocycles. The van der Waals surface area contributed by atoms with Crippen LogP contribution in [0.2, 0.25) is 0 Å². The molecule has 1 N–H and O–H groups in total.